The quantitative estimate of drug-likeness (QED) is 0.907. The average Bonchev–Trinajstić information content (AvgIpc) is 2.81. The lowest BCUT2D eigenvalue weighted by atomic mass is 9.98. The molecule has 1 atom stereocenters. The molecule has 3 rings (SSSR count). The van der Waals surface area contributed by atoms with E-state index in [0.29, 0.717) is 0 Å². The van der Waals surface area contributed by atoms with Crippen molar-refractivity contribution in [3.05, 3.63) is 36.3 Å². The molecule has 0 saturated carbocycles. The Kier molecular flexibility index (Phi) is 3.80. The normalized spacial score (nSPS) is 21.0. The third-order valence-electron chi connectivity index (χ3n) is 3.90. The van der Waals surface area contributed by atoms with Crippen LogP contribution in [0.15, 0.2) is 30.6 Å². The van der Waals surface area contributed by atoms with Crippen LogP contribution in [0.25, 0.3) is 5.65 Å². The van der Waals surface area contributed by atoms with Gasteiger partial charge in [-0.3, -0.25) is 4.90 Å². The highest BCUT2D eigenvalue weighted by molar-refractivity contribution is 5.39. The highest BCUT2D eigenvalue weighted by Crippen LogP contribution is 2.18. The van der Waals surface area contributed by atoms with Crippen LogP contribution >= 0.6 is 0 Å². The molecule has 4 nitrogen and oxygen atoms in total. The maximum absolute atomic E-state index is 4.68. The van der Waals surface area contributed by atoms with E-state index in [2.05, 4.69) is 38.1 Å². The molecular formula is C15H22N4. The van der Waals surface area contributed by atoms with Gasteiger partial charge in [-0.05, 0) is 51.0 Å². The van der Waals surface area contributed by atoms with Gasteiger partial charge in [-0.2, -0.15) is 0 Å². The highest BCUT2D eigenvalue weighted by atomic mass is 15.2. The number of imidazole rings is 1. The second-order valence-corrected chi connectivity index (χ2v) is 5.50. The summed E-state index contributed by atoms with van der Waals surface area (Å²) in [6.07, 6.45) is 6.87. The molecule has 2 aromatic rings. The van der Waals surface area contributed by atoms with Gasteiger partial charge in [0.25, 0.3) is 0 Å². The molecule has 0 spiro atoms. The maximum Gasteiger partial charge on any atom is 0.137 e. The fourth-order valence-corrected chi connectivity index (χ4v) is 3.04. The van der Waals surface area contributed by atoms with Gasteiger partial charge in [-0.25, -0.2) is 4.98 Å². The zero-order valence-corrected chi connectivity index (χ0v) is 11.5. The van der Waals surface area contributed by atoms with Crippen LogP contribution in [0.2, 0.25) is 0 Å². The van der Waals surface area contributed by atoms with E-state index in [1.54, 1.807) is 0 Å². The topological polar surface area (TPSA) is 32.6 Å². The summed E-state index contributed by atoms with van der Waals surface area (Å²) in [6.45, 7) is 4.49. The van der Waals surface area contributed by atoms with Gasteiger partial charge >= 0.3 is 0 Å². The first-order chi connectivity index (χ1) is 9.35. The van der Waals surface area contributed by atoms with Gasteiger partial charge < -0.3 is 9.72 Å². The van der Waals surface area contributed by atoms with Crippen molar-refractivity contribution in [1.82, 2.24) is 19.6 Å². The first-order valence-electron chi connectivity index (χ1n) is 7.15. The van der Waals surface area contributed by atoms with Crippen LogP contribution in [-0.2, 0) is 6.54 Å². The zero-order chi connectivity index (χ0) is 13.1. The molecule has 102 valence electrons. The Morgan fingerprint density at radius 2 is 2.37 bits per heavy atom. The van der Waals surface area contributed by atoms with E-state index >= 15 is 0 Å². The third-order valence-corrected chi connectivity index (χ3v) is 3.90. The van der Waals surface area contributed by atoms with Crippen LogP contribution < -0.4 is 5.32 Å². The van der Waals surface area contributed by atoms with Crippen LogP contribution in [0.4, 0.5) is 0 Å². The lowest BCUT2D eigenvalue weighted by molar-refractivity contribution is 0.165. The fraction of sp³-hybridized carbons (Fsp3) is 0.533. The highest BCUT2D eigenvalue weighted by Gasteiger charge is 2.19. The van der Waals surface area contributed by atoms with Gasteiger partial charge in [-0.1, -0.05) is 6.07 Å². The molecule has 1 saturated heterocycles. The molecular weight excluding hydrogens is 236 g/mol. The standard InChI is InChI=1S/C15H22N4/c1-16-9-13-5-4-7-18(10-13)11-14-12-19-8-3-2-6-15(19)17-14/h2-3,6,8,12-13,16H,4-5,7,9-11H2,1H3. The van der Waals surface area contributed by atoms with E-state index in [1.807, 2.05) is 19.2 Å². The summed E-state index contributed by atoms with van der Waals surface area (Å²) in [5.74, 6) is 0.788. The van der Waals surface area contributed by atoms with Gasteiger partial charge in [0, 0.05) is 25.5 Å². The van der Waals surface area contributed by atoms with Crippen LogP contribution in [0.5, 0.6) is 0 Å². The van der Waals surface area contributed by atoms with Gasteiger partial charge in [-0.15, -0.1) is 0 Å². The number of hydrogen-bond acceptors (Lipinski definition) is 3. The third kappa shape index (κ3) is 2.96. The minimum Gasteiger partial charge on any atom is -0.319 e. The maximum atomic E-state index is 4.68. The molecule has 1 aliphatic heterocycles. The van der Waals surface area contributed by atoms with E-state index in [9.17, 15) is 0 Å². The number of piperidine rings is 1. The van der Waals surface area contributed by atoms with Crippen LogP contribution in [0.1, 0.15) is 18.5 Å². The average molecular weight is 258 g/mol. The predicted molar refractivity (Wildman–Crippen MR) is 77.1 cm³/mol. The Morgan fingerprint density at radius 1 is 1.42 bits per heavy atom. The number of nitrogens with one attached hydrogen (secondary N) is 1. The molecule has 0 aromatic carbocycles. The molecule has 19 heavy (non-hydrogen) atoms. The molecule has 1 unspecified atom stereocenters. The fourth-order valence-electron chi connectivity index (χ4n) is 3.04. The van der Waals surface area contributed by atoms with Crippen molar-refractivity contribution in [1.29, 1.82) is 0 Å². The lowest BCUT2D eigenvalue weighted by Crippen LogP contribution is -2.38. The Bertz CT molecular complexity index is 499. The monoisotopic (exact) mass is 258 g/mol. The van der Waals surface area contributed by atoms with Gasteiger partial charge in [0.15, 0.2) is 0 Å². The summed E-state index contributed by atoms with van der Waals surface area (Å²) < 4.78 is 2.10. The van der Waals surface area contributed by atoms with Crippen LogP contribution in [0, 0.1) is 5.92 Å². The number of nitrogens with zero attached hydrogens (tertiary/aromatic N) is 3. The zero-order valence-electron chi connectivity index (χ0n) is 11.5. The van der Waals surface area contributed by atoms with Crippen LogP contribution in [-0.4, -0.2) is 41.0 Å². The number of rotatable bonds is 4. The number of fused-ring (bicyclic) bond motifs is 1. The van der Waals surface area contributed by atoms with Crippen LogP contribution in [0.3, 0.4) is 0 Å². The van der Waals surface area contributed by atoms with E-state index < -0.39 is 0 Å². The first-order valence-corrected chi connectivity index (χ1v) is 7.15. The Balaban J connectivity index is 1.67. The Morgan fingerprint density at radius 3 is 3.21 bits per heavy atom. The second kappa shape index (κ2) is 5.72. The molecule has 0 bridgehead atoms. The molecule has 1 fully saturated rings. The molecule has 1 N–H and O–H groups in total. The van der Waals surface area contributed by atoms with Crippen molar-refractivity contribution in [2.45, 2.75) is 19.4 Å². The first kappa shape index (κ1) is 12.6. The number of pyridine rings is 1. The van der Waals surface area contributed by atoms with Crippen molar-refractivity contribution in [3.63, 3.8) is 0 Å². The predicted octanol–water partition coefficient (Wildman–Crippen LogP) is 1.77. The van der Waals surface area contributed by atoms with Crippen molar-refractivity contribution < 1.29 is 0 Å². The summed E-state index contributed by atoms with van der Waals surface area (Å²) in [5, 5.41) is 3.30. The number of aromatic nitrogens is 2. The smallest absolute Gasteiger partial charge is 0.137 e. The molecule has 2 aromatic heterocycles. The van der Waals surface area contributed by atoms with Crippen molar-refractivity contribution >= 4 is 5.65 Å². The lowest BCUT2D eigenvalue weighted by Gasteiger charge is -2.32. The molecule has 0 amide bonds. The second-order valence-electron chi connectivity index (χ2n) is 5.50. The van der Waals surface area contributed by atoms with E-state index in [-0.39, 0.29) is 0 Å². The van der Waals surface area contributed by atoms with Gasteiger partial charge in [0.1, 0.15) is 5.65 Å². The van der Waals surface area contributed by atoms with Crippen molar-refractivity contribution in [2.24, 2.45) is 5.92 Å². The van der Waals surface area contributed by atoms with Crippen molar-refractivity contribution in [3.8, 4) is 0 Å². The van der Waals surface area contributed by atoms with E-state index in [0.717, 1.165) is 24.7 Å². The Hall–Kier alpha value is -1.39. The minimum atomic E-state index is 0.788. The van der Waals surface area contributed by atoms with Gasteiger partial charge in [0.2, 0.25) is 0 Å². The summed E-state index contributed by atoms with van der Waals surface area (Å²) in [4.78, 5) is 7.22. The number of likely N-dealkylation sites (tertiary alicyclic amines) is 1. The van der Waals surface area contributed by atoms with Gasteiger partial charge in [0.05, 0.1) is 5.69 Å². The summed E-state index contributed by atoms with van der Waals surface area (Å²) in [6, 6.07) is 6.14. The summed E-state index contributed by atoms with van der Waals surface area (Å²) in [7, 11) is 2.04. The molecule has 0 aliphatic carbocycles. The summed E-state index contributed by atoms with van der Waals surface area (Å²) in [5.41, 5.74) is 2.22. The summed E-state index contributed by atoms with van der Waals surface area (Å²) >= 11 is 0. The van der Waals surface area contributed by atoms with Crippen molar-refractivity contribution in [2.75, 3.05) is 26.7 Å². The molecule has 0 radical (unpaired) electrons. The SMILES string of the molecule is CNCC1CCCN(Cc2cn3ccccc3n2)C1. The largest absolute Gasteiger partial charge is 0.319 e. The molecule has 4 heteroatoms. The molecule has 3 heterocycles. The molecule has 1 aliphatic rings. The minimum absolute atomic E-state index is 0.788. The van der Waals surface area contributed by atoms with E-state index in [1.165, 1.54) is 31.6 Å². The van der Waals surface area contributed by atoms with E-state index in [4.69, 9.17) is 0 Å². The Labute approximate surface area is 114 Å². The number of hydrogen-bond donors (Lipinski definition) is 1.